The quantitative estimate of drug-likeness (QED) is 0.784. The number of carbonyl (C=O) groups is 2. The van der Waals surface area contributed by atoms with Crippen molar-refractivity contribution >= 4 is 28.2 Å². The van der Waals surface area contributed by atoms with E-state index >= 15 is 0 Å². The number of hydrogen-bond acceptors (Lipinski definition) is 5. The Hall–Kier alpha value is -2.65. The maximum Gasteiger partial charge on any atom is 0.310 e. The predicted molar refractivity (Wildman–Crippen MR) is 107 cm³/mol. The fraction of sp³-hybridized carbons (Fsp3) is 0.409. The standard InChI is InChI=1S/C22H22N2O3S/c23-12-18-17-6-1-2-7-19(17)28-22(18)24-20(25)13-27-21(26)11-14-8-9-15-4-3-5-16(15)10-14/h8-10H,1-7,11,13H2,(H,24,25). The highest BCUT2D eigenvalue weighted by molar-refractivity contribution is 7.16. The van der Waals surface area contributed by atoms with Crippen molar-refractivity contribution in [2.24, 2.45) is 0 Å². The summed E-state index contributed by atoms with van der Waals surface area (Å²) in [6, 6.07) is 8.33. The Morgan fingerprint density at radius 2 is 1.93 bits per heavy atom. The van der Waals surface area contributed by atoms with Gasteiger partial charge in [0.1, 0.15) is 11.1 Å². The number of rotatable bonds is 5. The molecule has 0 spiro atoms. The van der Waals surface area contributed by atoms with E-state index in [-0.39, 0.29) is 13.0 Å². The number of amides is 1. The number of fused-ring (bicyclic) bond motifs is 2. The highest BCUT2D eigenvalue weighted by atomic mass is 32.1. The Labute approximate surface area is 168 Å². The minimum absolute atomic E-state index is 0.164. The molecule has 2 aromatic rings. The molecule has 28 heavy (non-hydrogen) atoms. The van der Waals surface area contributed by atoms with Gasteiger partial charge in [-0.2, -0.15) is 5.26 Å². The second kappa shape index (κ2) is 8.15. The summed E-state index contributed by atoms with van der Waals surface area (Å²) >= 11 is 1.47. The first kappa shape index (κ1) is 18.7. The van der Waals surface area contributed by atoms with E-state index in [0.29, 0.717) is 10.6 Å². The van der Waals surface area contributed by atoms with Gasteiger partial charge < -0.3 is 10.1 Å². The molecule has 1 aromatic heterocycles. The number of carbonyl (C=O) groups excluding carboxylic acids is 2. The number of thiophene rings is 1. The number of nitriles is 1. The van der Waals surface area contributed by atoms with Crippen LogP contribution in [0, 0.1) is 11.3 Å². The topological polar surface area (TPSA) is 79.2 Å². The van der Waals surface area contributed by atoms with E-state index in [1.165, 1.54) is 33.8 Å². The van der Waals surface area contributed by atoms with Crippen molar-refractivity contribution in [1.82, 2.24) is 0 Å². The summed E-state index contributed by atoms with van der Waals surface area (Å²) in [5.74, 6) is -0.823. The molecule has 1 heterocycles. The van der Waals surface area contributed by atoms with Crippen molar-refractivity contribution in [3.8, 4) is 6.07 Å². The van der Waals surface area contributed by atoms with Crippen LogP contribution >= 0.6 is 11.3 Å². The van der Waals surface area contributed by atoms with Crippen LogP contribution in [-0.2, 0) is 46.4 Å². The lowest BCUT2D eigenvalue weighted by atomic mass is 9.96. The minimum atomic E-state index is -0.418. The zero-order valence-electron chi connectivity index (χ0n) is 15.7. The van der Waals surface area contributed by atoms with Crippen LogP contribution in [0.3, 0.4) is 0 Å². The molecule has 1 N–H and O–H groups in total. The highest BCUT2D eigenvalue weighted by Crippen LogP contribution is 2.37. The predicted octanol–water partition coefficient (Wildman–Crippen LogP) is 3.71. The van der Waals surface area contributed by atoms with Crippen LogP contribution in [-0.4, -0.2) is 18.5 Å². The van der Waals surface area contributed by atoms with Crippen LogP contribution < -0.4 is 5.32 Å². The van der Waals surface area contributed by atoms with E-state index in [1.54, 1.807) is 0 Å². The SMILES string of the molecule is N#Cc1c(NC(=O)COC(=O)Cc2ccc3c(c2)CCC3)sc2c1CCCC2. The van der Waals surface area contributed by atoms with E-state index in [2.05, 4.69) is 23.5 Å². The average molecular weight is 394 g/mol. The number of ether oxygens (including phenoxy) is 1. The summed E-state index contributed by atoms with van der Waals surface area (Å²) < 4.78 is 5.15. The molecule has 2 aliphatic rings. The van der Waals surface area contributed by atoms with Crippen LogP contribution in [0.4, 0.5) is 5.00 Å². The van der Waals surface area contributed by atoms with Crippen LogP contribution in [0.2, 0.25) is 0 Å². The summed E-state index contributed by atoms with van der Waals surface area (Å²) in [6.45, 7) is -0.336. The normalized spacial score (nSPS) is 14.7. The average Bonchev–Trinajstić information content (AvgIpc) is 3.29. The summed E-state index contributed by atoms with van der Waals surface area (Å²) in [4.78, 5) is 25.5. The molecule has 1 aromatic carbocycles. The smallest absolute Gasteiger partial charge is 0.310 e. The van der Waals surface area contributed by atoms with Crippen molar-refractivity contribution in [1.29, 1.82) is 5.26 Å². The molecule has 0 saturated carbocycles. The van der Waals surface area contributed by atoms with Gasteiger partial charge in [-0.05, 0) is 67.2 Å². The zero-order chi connectivity index (χ0) is 19.5. The molecule has 0 unspecified atom stereocenters. The molecule has 2 aliphatic carbocycles. The van der Waals surface area contributed by atoms with Crippen molar-refractivity contribution < 1.29 is 14.3 Å². The fourth-order valence-corrected chi connectivity index (χ4v) is 5.29. The first-order valence-corrected chi connectivity index (χ1v) is 10.6. The molecule has 0 bridgehead atoms. The number of benzene rings is 1. The molecule has 6 heteroatoms. The molecule has 144 valence electrons. The van der Waals surface area contributed by atoms with Gasteiger partial charge in [0.05, 0.1) is 12.0 Å². The maximum absolute atomic E-state index is 12.2. The third kappa shape index (κ3) is 3.95. The monoisotopic (exact) mass is 394 g/mol. The number of nitrogens with zero attached hydrogens (tertiary/aromatic N) is 1. The molecule has 5 nitrogen and oxygen atoms in total. The number of anilines is 1. The van der Waals surface area contributed by atoms with Gasteiger partial charge in [0, 0.05) is 4.88 Å². The van der Waals surface area contributed by atoms with Gasteiger partial charge in [-0.3, -0.25) is 9.59 Å². The van der Waals surface area contributed by atoms with Gasteiger partial charge in [0.25, 0.3) is 5.91 Å². The lowest BCUT2D eigenvalue weighted by Gasteiger charge is -2.09. The van der Waals surface area contributed by atoms with Crippen LogP contribution in [0.5, 0.6) is 0 Å². The van der Waals surface area contributed by atoms with Crippen LogP contribution in [0.15, 0.2) is 18.2 Å². The molecule has 0 radical (unpaired) electrons. The van der Waals surface area contributed by atoms with E-state index in [4.69, 9.17) is 4.74 Å². The van der Waals surface area contributed by atoms with Crippen molar-refractivity contribution in [2.45, 2.75) is 51.4 Å². The van der Waals surface area contributed by atoms with Gasteiger partial charge >= 0.3 is 5.97 Å². The Kier molecular flexibility index (Phi) is 5.45. The Bertz CT molecular complexity index is 971. The van der Waals surface area contributed by atoms with Gasteiger partial charge in [0.2, 0.25) is 0 Å². The largest absolute Gasteiger partial charge is 0.455 e. The van der Waals surface area contributed by atoms with E-state index in [0.717, 1.165) is 49.7 Å². The fourth-order valence-electron chi connectivity index (χ4n) is 4.03. The lowest BCUT2D eigenvalue weighted by molar-refractivity contribution is -0.146. The molecule has 0 fully saturated rings. The van der Waals surface area contributed by atoms with Gasteiger partial charge in [-0.15, -0.1) is 11.3 Å². The molecule has 1 amide bonds. The van der Waals surface area contributed by atoms with Gasteiger partial charge in [-0.25, -0.2) is 0 Å². The number of nitrogens with one attached hydrogen (secondary N) is 1. The molecule has 4 rings (SSSR count). The molecule has 0 aliphatic heterocycles. The number of hydrogen-bond donors (Lipinski definition) is 1. The number of esters is 1. The molecular weight excluding hydrogens is 372 g/mol. The maximum atomic E-state index is 12.2. The second-order valence-electron chi connectivity index (χ2n) is 7.37. The summed E-state index contributed by atoms with van der Waals surface area (Å²) in [5.41, 5.74) is 5.24. The van der Waals surface area contributed by atoms with Gasteiger partial charge in [0.15, 0.2) is 6.61 Å². The Morgan fingerprint density at radius 1 is 1.11 bits per heavy atom. The van der Waals surface area contributed by atoms with Crippen molar-refractivity contribution in [3.63, 3.8) is 0 Å². The van der Waals surface area contributed by atoms with E-state index < -0.39 is 11.9 Å². The second-order valence-corrected chi connectivity index (χ2v) is 8.47. The first-order chi connectivity index (χ1) is 13.6. The van der Waals surface area contributed by atoms with Crippen LogP contribution in [0.1, 0.15) is 52.0 Å². The highest BCUT2D eigenvalue weighted by Gasteiger charge is 2.22. The molecular formula is C22H22N2O3S. The summed E-state index contributed by atoms with van der Waals surface area (Å²) in [6.07, 6.45) is 7.54. The minimum Gasteiger partial charge on any atom is -0.455 e. The Morgan fingerprint density at radius 3 is 2.79 bits per heavy atom. The van der Waals surface area contributed by atoms with Crippen molar-refractivity contribution in [3.05, 3.63) is 50.9 Å². The van der Waals surface area contributed by atoms with Gasteiger partial charge in [-0.1, -0.05) is 18.2 Å². The van der Waals surface area contributed by atoms with E-state index in [1.807, 2.05) is 6.07 Å². The zero-order valence-corrected chi connectivity index (χ0v) is 16.5. The first-order valence-electron chi connectivity index (χ1n) is 9.75. The molecule has 0 atom stereocenters. The van der Waals surface area contributed by atoms with Crippen molar-refractivity contribution in [2.75, 3.05) is 11.9 Å². The Balaban J connectivity index is 1.32. The molecule has 0 saturated heterocycles. The van der Waals surface area contributed by atoms with E-state index in [9.17, 15) is 14.9 Å². The number of aryl methyl sites for hydroxylation is 3. The lowest BCUT2D eigenvalue weighted by Crippen LogP contribution is -2.21. The third-order valence-corrected chi connectivity index (χ3v) is 6.62. The summed E-state index contributed by atoms with van der Waals surface area (Å²) in [5, 5.41) is 12.8. The third-order valence-electron chi connectivity index (χ3n) is 5.41. The summed E-state index contributed by atoms with van der Waals surface area (Å²) in [7, 11) is 0. The van der Waals surface area contributed by atoms with Crippen LogP contribution in [0.25, 0.3) is 0 Å².